The molecular formula is C10H12ClNO3. The molecule has 0 amide bonds. The van der Waals surface area contributed by atoms with Crippen LogP contribution in [0.3, 0.4) is 0 Å². The maximum atomic E-state index is 10.4. The summed E-state index contributed by atoms with van der Waals surface area (Å²) in [5.41, 5.74) is 0.0627. The van der Waals surface area contributed by atoms with Crippen LogP contribution in [-0.2, 0) is 0 Å². The summed E-state index contributed by atoms with van der Waals surface area (Å²) in [5, 5.41) is 10.4. The van der Waals surface area contributed by atoms with Crippen molar-refractivity contribution in [2.75, 3.05) is 12.5 Å². The summed E-state index contributed by atoms with van der Waals surface area (Å²) in [5.74, 6) is 1.42. The molecule has 0 bridgehead atoms. The molecule has 1 aromatic rings. The molecule has 4 nitrogen and oxygen atoms in total. The van der Waals surface area contributed by atoms with E-state index >= 15 is 0 Å². The van der Waals surface area contributed by atoms with Crippen molar-refractivity contribution >= 4 is 17.3 Å². The molecule has 0 radical (unpaired) electrons. The third-order valence-electron chi connectivity index (χ3n) is 1.85. The average Bonchev–Trinajstić information content (AvgIpc) is 2.26. The van der Waals surface area contributed by atoms with E-state index in [4.69, 9.17) is 16.3 Å². The number of non-ortho nitro benzene ring substituents is 1. The second kappa shape index (κ2) is 5.56. The molecule has 0 spiro atoms. The minimum absolute atomic E-state index is 0.0627. The summed E-state index contributed by atoms with van der Waals surface area (Å²) in [6.45, 7) is 2.49. The maximum absolute atomic E-state index is 10.4. The standard InChI is InChI=1S/C10H12ClNO3/c1-8(6-11)7-15-10-4-2-9(3-5-10)12(13)14/h2-5,8H,6-7H2,1H3. The predicted octanol–water partition coefficient (Wildman–Crippen LogP) is 2.85. The van der Waals surface area contributed by atoms with Crippen molar-refractivity contribution < 1.29 is 9.66 Å². The van der Waals surface area contributed by atoms with Crippen LogP contribution in [0.2, 0.25) is 0 Å². The first-order valence-electron chi connectivity index (χ1n) is 4.56. The first kappa shape index (κ1) is 11.8. The van der Waals surface area contributed by atoms with E-state index in [1.165, 1.54) is 12.1 Å². The van der Waals surface area contributed by atoms with Crippen LogP contribution >= 0.6 is 11.6 Å². The molecule has 0 saturated heterocycles. The molecule has 82 valence electrons. The van der Waals surface area contributed by atoms with Crippen LogP contribution in [0.15, 0.2) is 24.3 Å². The molecule has 0 aliphatic carbocycles. The smallest absolute Gasteiger partial charge is 0.269 e. The van der Waals surface area contributed by atoms with Gasteiger partial charge >= 0.3 is 0 Å². The number of nitro groups is 1. The number of alkyl halides is 1. The van der Waals surface area contributed by atoms with Gasteiger partial charge in [-0.1, -0.05) is 6.92 Å². The molecule has 0 heterocycles. The average molecular weight is 230 g/mol. The van der Waals surface area contributed by atoms with E-state index in [-0.39, 0.29) is 11.6 Å². The third kappa shape index (κ3) is 3.75. The first-order chi connectivity index (χ1) is 7.13. The maximum Gasteiger partial charge on any atom is 0.269 e. The fraction of sp³-hybridized carbons (Fsp3) is 0.400. The van der Waals surface area contributed by atoms with Gasteiger partial charge in [-0.2, -0.15) is 0 Å². The molecule has 0 aromatic heterocycles. The summed E-state index contributed by atoms with van der Waals surface area (Å²) < 4.78 is 5.39. The van der Waals surface area contributed by atoms with E-state index in [9.17, 15) is 10.1 Å². The topological polar surface area (TPSA) is 52.4 Å². The third-order valence-corrected chi connectivity index (χ3v) is 2.37. The van der Waals surface area contributed by atoms with Crippen LogP contribution in [0.25, 0.3) is 0 Å². The minimum Gasteiger partial charge on any atom is -0.493 e. The van der Waals surface area contributed by atoms with Gasteiger partial charge in [0.05, 0.1) is 11.5 Å². The number of rotatable bonds is 5. The largest absolute Gasteiger partial charge is 0.493 e. The highest BCUT2D eigenvalue weighted by Gasteiger charge is 2.05. The van der Waals surface area contributed by atoms with E-state index in [0.717, 1.165) is 0 Å². The molecule has 1 rings (SSSR count). The molecule has 0 saturated carbocycles. The van der Waals surface area contributed by atoms with Crippen LogP contribution in [-0.4, -0.2) is 17.4 Å². The van der Waals surface area contributed by atoms with Crippen LogP contribution in [0.5, 0.6) is 5.75 Å². The van der Waals surface area contributed by atoms with Gasteiger partial charge in [0.2, 0.25) is 0 Å². The molecule has 5 heteroatoms. The number of hydrogen-bond donors (Lipinski definition) is 0. The molecular weight excluding hydrogens is 218 g/mol. The fourth-order valence-corrected chi connectivity index (χ4v) is 1.04. The van der Waals surface area contributed by atoms with E-state index in [1.807, 2.05) is 6.92 Å². The van der Waals surface area contributed by atoms with Crippen LogP contribution in [0.1, 0.15) is 6.92 Å². The van der Waals surface area contributed by atoms with E-state index < -0.39 is 4.92 Å². The van der Waals surface area contributed by atoms with Gasteiger partial charge in [-0.05, 0) is 12.1 Å². The lowest BCUT2D eigenvalue weighted by atomic mass is 10.2. The van der Waals surface area contributed by atoms with Gasteiger partial charge in [0.15, 0.2) is 0 Å². The first-order valence-corrected chi connectivity index (χ1v) is 5.10. The van der Waals surface area contributed by atoms with Gasteiger partial charge in [0.25, 0.3) is 5.69 Å². The number of ether oxygens (including phenoxy) is 1. The predicted molar refractivity (Wildman–Crippen MR) is 58.5 cm³/mol. The number of nitrogens with zero attached hydrogens (tertiary/aromatic N) is 1. The van der Waals surface area contributed by atoms with Gasteiger partial charge < -0.3 is 4.74 Å². The lowest BCUT2D eigenvalue weighted by Crippen LogP contribution is -2.09. The monoisotopic (exact) mass is 229 g/mol. The Morgan fingerprint density at radius 3 is 2.53 bits per heavy atom. The molecule has 1 unspecified atom stereocenters. The summed E-state index contributed by atoms with van der Waals surface area (Å²) >= 11 is 5.62. The lowest BCUT2D eigenvalue weighted by Gasteiger charge is -2.09. The van der Waals surface area contributed by atoms with Gasteiger partial charge in [0, 0.05) is 23.9 Å². The van der Waals surface area contributed by atoms with E-state index in [0.29, 0.717) is 18.2 Å². The number of benzene rings is 1. The Labute approximate surface area is 93.0 Å². The summed E-state index contributed by atoms with van der Waals surface area (Å²) in [4.78, 5) is 9.93. The summed E-state index contributed by atoms with van der Waals surface area (Å²) in [7, 11) is 0. The second-order valence-corrected chi connectivity index (χ2v) is 3.63. The Kier molecular flexibility index (Phi) is 4.37. The fourth-order valence-electron chi connectivity index (χ4n) is 0.947. The Morgan fingerprint density at radius 2 is 2.07 bits per heavy atom. The lowest BCUT2D eigenvalue weighted by molar-refractivity contribution is -0.384. The van der Waals surface area contributed by atoms with Crippen molar-refractivity contribution in [3.8, 4) is 5.75 Å². The molecule has 0 aliphatic heterocycles. The van der Waals surface area contributed by atoms with Gasteiger partial charge in [-0.3, -0.25) is 10.1 Å². The summed E-state index contributed by atoms with van der Waals surface area (Å²) in [6.07, 6.45) is 0. The number of nitro benzene ring substituents is 1. The van der Waals surface area contributed by atoms with Crippen molar-refractivity contribution in [3.05, 3.63) is 34.4 Å². The Balaban J connectivity index is 2.53. The second-order valence-electron chi connectivity index (χ2n) is 3.32. The zero-order valence-electron chi connectivity index (χ0n) is 8.35. The molecule has 0 fully saturated rings. The molecule has 1 aromatic carbocycles. The van der Waals surface area contributed by atoms with Gasteiger partial charge in [-0.25, -0.2) is 0 Å². The van der Waals surface area contributed by atoms with E-state index in [1.54, 1.807) is 12.1 Å². The Hall–Kier alpha value is -1.29. The number of halogens is 1. The van der Waals surface area contributed by atoms with Crippen molar-refractivity contribution in [2.24, 2.45) is 5.92 Å². The zero-order chi connectivity index (χ0) is 11.3. The van der Waals surface area contributed by atoms with Crippen molar-refractivity contribution in [1.82, 2.24) is 0 Å². The van der Waals surface area contributed by atoms with Gasteiger partial charge in [0.1, 0.15) is 5.75 Å². The quantitative estimate of drug-likeness (QED) is 0.443. The minimum atomic E-state index is -0.439. The molecule has 15 heavy (non-hydrogen) atoms. The number of hydrogen-bond acceptors (Lipinski definition) is 3. The summed E-state index contributed by atoms with van der Waals surface area (Å²) in [6, 6.07) is 6.00. The highest BCUT2D eigenvalue weighted by molar-refractivity contribution is 6.18. The molecule has 0 N–H and O–H groups in total. The molecule has 1 atom stereocenters. The van der Waals surface area contributed by atoms with Crippen molar-refractivity contribution in [1.29, 1.82) is 0 Å². The van der Waals surface area contributed by atoms with E-state index in [2.05, 4.69) is 0 Å². The highest BCUT2D eigenvalue weighted by Crippen LogP contribution is 2.17. The van der Waals surface area contributed by atoms with Crippen LogP contribution in [0.4, 0.5) is 5.69 Å². The Bertz CT molecular complexity index is 326. The normalized spacial score (nSPS) is 12.1. The Morgan fingerprint density at radius 1 is 1.47 bits per heavy atom. The molecule has 0 aliphatic rings. The van der Waals surface area contributed by atoms with Crippen molar-refractivity contribution in [2.45, 2.75) is 6.92 Å². The van der Waals surface area contributed by atoms with Crippen LogP contribution in [0, 0.1) is 16.0 Å². The SMILES string of the molecule is CC(CCl)COc1ccc([N+](=O)[O-])cc1. The van der Waals surface area contributed by atoms with Crippen molar-refractivity contribution in [3.63, 3.8) is 0 Å². The van der Waals surface area contributed by atoms with Gasteiger partial charge in [-0.15, -0.1) is 11.6 Å². The zero-order valence-corrected chi connectivity index (χ0v) is 9.11. The highest BCUT2D eigenvalue weighted by atomic mass is 35.5. The van der Waals surface area contributed by atoms with Crippen LogP contribution < -0.4 is 4.74 Å².